The van der Waals surface area contributed by atoms with Gasteiger partial charge in [0.15, 0.2) is 0 Å². The van der Waals surface area contributed by atoms with Gasteiger partial charge in [0.1, 0.15) is 19.3 Å². The molecule has 0 aromatic heterocycles. The van der Waals surface area contributed by atoms with E-state index < -0.39 is 26.6 Å². The molecule has 490 valence electrons. The third kappa shape index (κ3) is 63.9. The van der Waals surface area contributed by atoms with Crippen molar-refractivity contribution in [1.82, 2.24) is 5.32 Å². The molecule has 0 aromatic rings. The fraction of sp³-hybridized carbons (Fsp3) is 0.811. The van der Waals surface area contributed by atoms with E-state index in [1.165, 1.54) is 193 Å². The SMILES string of the molecule is CC/C=C\C/C=C\C/C=C\C/C=C\C/C=C\CCCCCCCC(=O)NC(COP(=O)([O-])OCC[N+](C)(C)C)C(/C=C/CCCCCCCCCCCC)OC(=O)CCCCCCCCCCCCCCCCCCCCCCCCCCC. The third-order valence-corrected chi connectivity index (χ3v) is 16.9. The van der Waals surface area contributed by atoms with Crippen molar-refractivity contribution in [3.63, 3.8) is 0 Å². The Kier molecular flexibility index (Phi) is 61.5. The molecule has 0 heterocycles. The van der Waals surface area contributed by atoms with Crippen LogP contribution in [-0.2, 0) is 27.9 Å². The Labute approximate surface area is 521 Å². The molecule has 0 spiro atoms. The maximum absolute atomic E-state index is 13.6. The summed E-state index contributed by atoms with van der Waals surface area (Å²) in [4.78, 5) is 40.2. The van der Waals surface area contributed by atoms with Crippen LogP contribution in [0.5, 0.6) is 0 Å². The van der Waals surface area contributed by atoms with E-state index >= 15 is 0 Å². The number of carbonyl (C=O) groups excluding carboxylic acids is 2. The minimum Gasteiger partial charge on any atom is -0.756 e. The van der Waals surface area contributed by atoms with Gasteiger partial charge in [-0.05, 0) is 76.7 Å². The molecule has 3 atom stereocenters. The van der Waals surface area contributed by atoms with E-state index in [4.69, 9.17) is 13.8 Å². The van der Waals surface area contributed by atoms with Crippen molar-refractivity contribution < 1.29 is 37.3 Å². The zero-order chi connectivity index (χ0) is 61.4. The van der Waals surface area contributed by atoms with Crippen molar-refractivity contribution in [3.05, 3.63) is 72.9 Å². The first-order valence-electron chi connectivity index (χ1n) is 35.7. The van der Waals surface area contributed by atoms with Crippen LogP contribution in [0.1, 0.15) is 335 Å². The maximum atomic E-state index is 13.6. The minimum atomic E-state index is -4.71. The first-order valence-corrected chi connectivity index (χ1v) is 37.2. The zero-order valence-electron chi connectivity index (χ0n) is 56.1. The first-order chi connectivity index (χ1) is 40.9. The van der Waals surface area contributed by atoms with Crippen molar-refractivity contribution >= 4 is 19.7 Å². The van der Waals surface area contributed by atoms with Crippen LogP contribution in [0.25, 0.3) is 0 Å². The van der Waals surface area contributed by atoms with Gasteiger partial charge in [0.2, 0.25) is 5.91 Å². The number of allylic oxidation sites excluding steroid dienone is 11. The number of quaternary nitrogens is 1. The number of phosphoric acid groups is 1. The van der Waals surface area contributed by atoms with Crippen LogP contribution in [-0.4, -0.2) is 69.4 Å². The second kappa shape index (κ2) is 63.5. The number of hydrogen-bond donors (Lipinski definition) is 1. The normalized spacial score (nSPS) is 13.9. The van der Waals surface area contributed by atoms with Crippen LogP contribution in [0.15, 0.2) is 72.9 Å². The lowest BCUT2D eigenvalue weighted by Gasteiger charge is -2.30. The molecule has 0 saturated carbocycles. The Morgan fingerprint density at radius 3 is 1.14 bits per heavy atom. The average molecular weight is 1200 g/mol. The molecule has 0 radical (unpaired) electrons. The molecule has 0 saturated heterocycles. The molecule has 0 fully saturated rings. The van der Waals surface area contributed by atoms with E-state index in [0.717, 1.165) is 103 Å². The lowest BCUT2D eigenvalue weighted by atomic mass is 10.0. The van der Waals surface area contributed by atoms with Crippen molar-refractivity contribution in [2.45, 2.75) is 348 Å². The summed E-state index contributed by atoms with van der Waals surface area (Å²) in [5.74, 6) is -0.551. The molecular weight excluding hydrogens is 1060 g/mol. The van der Waals surface area contributed by atoms with E-state index in [-0.39, 0.29) is 24.9 Å². The van der Waals surface area contributed by atoms with E-state index in [1.54, 1.807) is 0 Å². The summed E-state index contributed by atoms with van der Waals surface area (Å²) < 4.78 is 30.4. The van der Waals surface area contributed by atoms with Gasteiger partial charge in [-0.3, -0.25) is 14.2 Å². The maximum Gasteiger partial charge on any atom is 0.306 e. The number of carbonyl (C=O) groups is 2. The second-order valence-corrected chi connectivity index (χ2v) is 26.8. The molecule has 1 amide bonds. The third-order valence-electron chi connectivity index (χ3n) is 15.9. The summed E-state index contributed by atoms with van der Waals surface area (Å²) in [5.41, 5.74) is 0. The summed E-state index contributed by atoms with van der Waals surface area (Å²) in [6.07, 6.45) is 83.2. The van der Waals surface area contributed by atoms with Crippen molar-refractivity contribution in [2.75, 3.05) is 40.9 Å². The molecule has 0 bridgehead atoms. The van der Waals surface area contributed by atoms with Gasteiger partial charge in [-0.25, -0.2) is 0 Å². The standard InChI is InChI=1S/C74H137N2O7P/c1-7-10-13-16-19-22-25-28-30-32-34-36-37-38-39-41-43-45-47-49-52-55-58-61-64-67-74(78)83-72(65-62-59-56-53-50-27-24-21-18-15-12-9-3)71(70-82-84(79,80)81-69-68-76(4,5)6)75-73(77)66-63-60-57-54-51-48-46-44-42-40-35-33-31-29-26-23-20-17-14-11-8-2/h11,14,20,23,29,31,35,40,44,46,62,65,71-72H,7-10,12-13,15-19,21-22,24-28,30,32-34,36-39,41-43,45,47-61,63-64,66-70H2,1-6H3,(H-,75,77,79,80)/b14-11-,23-20-,31-29-,40-35-,46-44-,65-62+. The molecule has 0 aliphatic rings. The molecule has 0 aliphatic heterocycles. The number of rotatable bonds is 65. The summed E-state index contributed by atoms with van der Waals surface area (Å²) in [5, 5.41) is 3.03. The van der Waals surface area contributed by atoms with Gasteiger partial charge < -0.3 is 28.5 Å². The molecule has 10 heteroatoms. The second-order valence-electron chi connectivity index (χ2n) is 25.4. The monoisotopic (exact) mass is 1200 g/mol. The lowest BCUT2D eigenvalue weighted by Crippen LogP contribution is -2.47. The molecule has 1 N–H and O–H groups in total. The van der Waals surface area contributed by atoms with Crippen LogP contribution in [0.3, 0.4) is 0 Å². The van der Waals surface area contributed by atoms with Crippen LogP contribution in [0, 0.1) is 0 Å². The number of likely N-dealkylation sites (N-methyl/N-ethyl adjacent to an activating group) is 1. The Morgan fingerprint density at radius 1 is 0.429 bits per heavy atom. The van der Waals surface area contributed by atoms with Crippen molar-refractivity contribution in [1.29, 1.82) is 0 Å². The summed E-state index contributed by atoms with van der Waals surface area (Å²) >= 11 is 0. The van der Waals surface area contributed by atoms with Gasteiger partial charge >= 0.3 is 5.97 Å². The number of nitrogens with one attached hydrogen (secondary N) is 1. The molecule has 84 heavy (non-hydrogen) atoms. The summed E-state index contributed by atoms with van der Waals surface area (Å²) in [6, 6.07) is -0.901. The Morgan fingerprint density at radius 2 is 0.762 bits per heavy atom. The smallest absolute Gasteiger partial charge is 0.306 e. The number of phosphoric ester groups is 1. The molecule has 0 rings (SSSR count). The number of esters is 1. The number of hydrogen-bond acceptors (Lipinski definition) is 7. The predicted molar refractivity (Wildman–Crippen MR) is 362 cm³/mol. The highest BCUT2D eigenvalue weighted by atomic mass is 31.2. The molecule has 0 aromatic carbocycles. The van der Waals surface area contributed by atoms with Gasteiger partial charge in [-0.15, -0.1) is 0 Å². The van der Waals surface area contributed by atoms with Gasteiger partial charge in [-0.1, -0.05) is 319 Å². The van der Waals surface area contributed by atoms with Crippen LogP contribution in [0.2, 0.25) is 0 Å². The highest BCUT2D eigenvalue weighted by Gasteiger charge is 2.27. The van der Waals surface area contributed by atoms with Gasteiger partial charge in [0, 0.05) is 12.8 Å². The highest BCUT2D eigenvalue weighted by Crippen LogP contribution is 2.38. The highest BCUT2D eigenvalue weighted by molar-refractivity contribution is 7.45. The van der Waals surface area contributed by atoms with Crippen LogP contribution in [0.4, 0.5) is 0 Å². The number of unbranched alkanes of at least 4 members (excludes halogenated alkanes) is 39. The Balaban J connectivity index is 5.07. The minimum absolute atomic E-state index is 0.0274. The molecule has 0 aliphatic carbocycles. The fourth-order valence-corrected chi connectivity index (χ4v) is 11.2. The molecule has 9 nitrogen and oxygen atoms in total. The molecular formula is C74H137N2O7P. The summed E-state index contributed by atoms with van der Waals surface area (Å²) in [7, 11) is 1.18. The van der Waals surface area contributed by atoms with E-state index in [9.17, 15) is 19.0 Å². The van der Waals surface area contributed by atoms with E-state index in [2.05, 4.69) is 86.8 Å². The zero-order valence-corrected chi connectivity index (χ0v) is 57.0. The van der Waals surface area contributed by atoms with E-state index in [0.29, 0.717) is 23.9 Å². The lowest BCUT2D eigenvalue weighted by molar-refractivity contribution is -0.870. The number of amides is 1. The van der Waals surface area contributed by atoms with Gasteiger partial charge in [-0.2, -0.15) is 0 Å². The number of ether oxygens (including phenoxy) is 1. The van der Waals surface area contributed by atoms with Gasteiger partial charge in [0.05, 0.1) is 33.8 Å². The predicted octanol–water partition coefficient (Wildman–Crippen LogP) is 22.1. The average Bonchev–Trinajstić information content (AvgIpc) is 3.64. The first kappa shape index (κ1) is 81.5. The Bertz CT molecular complexity index is 1670. The quantitative estimate of drug-likeness (QED) is 0.0212. The van der Waals surface area contributed by atoms with Crippen LogP contribution < -0.4 is 10.2 Å². The van der Waals surface area contributed by atoms with E-state index in [1.807, 2.05) is 33.3 Å². The molecule has 3 unspecified atom stereocenters. The van der Waals surface area contributed by atoms with Crippen molar-refractivity contribution in [3.8, 4) is 0 Å². The fourth-order valence-electron chi connectivity index (χ4n) is 10.4. The summed E-state index contributed by atoms with van der Waals surface area (Å²) in [6.45, 7) is 6.75. The topological polar surface area (TPSA) is 114 Å². The Hall–Kier alpha value is -2.55. The largest absolute Gasteiger partial charge is 0.756 e. The number of nitrogens with zero attached hydrogens (tertiary/aromatic N) is 1. The van der Waals surface area contributed by atoms with Gasteiger partial charge in [0.25, 0.3) is 7.82 Å². The van der Waals surface area contributed by atoms with Crippen molar-refractivity contribution in [2.24, 2.45) is 0 Å². The van der Waals surface area contributed by atoms with Crippen LogP contribution >= 0.6 is 7.82 Å².